The van der Waals surface area contributed by atoms with E-state index in [-0.39, 0.29) is 17.4 Å². The van der Waals surface area contributed by atoms with Gasteiger partial charge in [-0.25, -0.2) is 4.98 Å². The highest BCUT2D eigenvalue weighted by Gasteiger charge is 2.37. The van der Waals surface area contributed by atoms with Gasteiger partial charge in [0.2, 0.25) is 5.91 Å². The number of carbonyl (C=O) groups excluding carboxylic acids is 1. The number of hydrogen-bond donors (Lipinski definition) is 0. The molecule has 1 aliphatic heterocycles. The maximum Gasteiger partial charge on any atom is 0.261 e. The molecule has 0 spiro atoms. The molecule has 0 N–H and O–H groups in total. The molecule has 154 valence electrons. The van der Waals surface area contributed by atoms with Crippen molar-refractivity contribution in [3.8, 4) is 0 Å². The number of rotatable bonds is 5. The first-order valence-electron chi connectivity index (χ1n) is 10.6. The fraction of sp³-hybridized carbons (Fsp3) is 0.192. The lowest BCUT2D eigenvalue weighted by atomic mass is 9.96. The predicted octanol–water partition coefficient (Wildman–Crippen LogP) is 4.29. The Morgan fingerprint density at radius 3 is 2.39 bits per heavy atom. The number of hydrogen-bond acceptors (Lipinski definition) is 3. The molecule has 0 bridgehead atoms. The van der Waals surface area contributed by atoms with Gasteiger partial charge in [-0.2, -0.15) is 0 Å². The van der Waals surface area contributed by atoms with Gasteiger partial charge >= 0.3 is 0 Å². The van der Waals surface area contributed by atoms with Gasteiger partial charge in [-0.3, -0.25) is 14.2 Å². The minimum absolute atomic E-state index is 0.0510. The summed E-state index contributed by atoms with van der Waals surface area (Å²) in [7, 11) is 0. The highest BCUT2D eigenvalue weighted by Crippen LogP contribution is 2.39. The maximum atomic E-state index is 13.5. The zero-order chi connectivity index (χ0) is 21.4. The molecule has 0 saturated carbocycles. The second-order valence-corrected chi connectivity index (χ2v) is 7.82. The van der Waals surface area contributed by atoms with Crippen molar-refractivity contribution in [3.05, 3.63) is 106 Å². The fourth-order valence-corrected chi connectivity index (χ4v) is 4.47. The van der Waals surface area contributed by atoms with Crippen molar-refractivity contribution in [1.29, 1.82) is 0 Å². The van der Waals surface area contributed by atoms with Crippen LogP contribution in [0.1, 0.15) is 29.8 Å². The number of benzene rings is 3. The Bertz CT molecular complexity index is 1330. The van der Waals surface area contributed by atoms with Crippen LogP contribution in [0.25, 0.3) is 10.9 Å². The Balaban J connectivity index is 1.55. The molecule has 1 aromatic heterocycles. The van der Waals surface area contributed by atoms with Crippen LogP contribution >= 0.6 is 0 Å². The predicted molar refractivity (Wildman–Crippen MR) is 122 cm³/mol. The summed E-state index contributed by atoms with van der Waals surface area (Å²) in [6.07, 6.45) is 0.398. The standard InChI is InChI=1S/C26H23N3O2/c1-2-28-24(27-22-14-8-6-13-20(22)25(28)30)16-21-19-12-7-9-15-23(19)29(26(21)31)17-18-10-4-3-5-11-18/h3-15,21H,2,16-17H2,1H3. The van der Waals surface area contributed by atoms with Gasteiger partial charge in [-0.15, -0.1) is 0 Å². The molecule has 3 aromatic carbocycles. The van der Waals surface area contributed by atoms with Gasteiger partial charge in [-0.1, -0.05) is 60.7 Å². The van der Waals surface area contributed by atoms with Crippen molar-refractivity contribution >= 4 is 22.5 Å². The van der Waals surface area contributed by atoms with Gasteiger partial charge in [-0.05, 0) is 36.2 Å². The molecule has 31 heavy (non-hydrogen) atoms. The lowest BCUT2D eigenvalue weighted by Crippen LogP contribution is -2.31. The SMILES string of the molecule is CCn1c(CC2C(=O)N(Cc3ccccc3)c3ccccc32)nc2ccccc2c1=O. The van der Waals surface area contributed by atoms with Crippen LogP contribution in [0.5, 0.6) is 0 Å². The Labute approximate surface area is 180 Å². The molecule has 4 aromatic rings. The zero-order valence-electron chi connectivity index (χ0n) is 17.4. The summed E-state index contributed by atoms with van der Waals surface area (Å²) in [5.41, 5.74) is 3.64. The number of amides is 1. The van der Waals surface area contributed by atoms with Crippen LogP contribution < -0.4 is 10.5 Å². The third-order valence-electron chi connectivity index (χ3n) is 5.99. The largest absolute Gasteiger partial charge is 0.307 e. The number of fused-ring (bicyclic) bond motifs is 2. The van der Waals surface area contributed by atoms with Crippen LogP contribution in [-0.4, -0.2) is 15.5 Å². The van der Waals surface area contributed by atoms with E-state index in [1.165, 1.54) is 0 Å². The Morgan fingerprint density at radius 2 is 1.58 bits per heavy atom. The van der Waals surface area contributed by atoms with Crippen molar-refractivity contribution in [3.63, 3.8) is 0 Å². The molecule has 1 unspecified atom stereocenters. The molecule has 1 aliphatic rings. The third kappa shape index (κ3) is 3.32. The maximum absolute atomic E-state index is 13.5. The van der Waals surface area contributed by atoms with E-state index in [0.717, 1.165) is 16.8 Å². The normalized spacial score (nSPS) is 15.5. The second kappa shape index (κ2) is 7.84. The highest BCUT2D eigenvalue weighted by molar-refractivity contribution is 6.05. The topological polar surface area (TPSA) is 55.2 Å². The van der Waals surface area contributed by atoms with Crippen LogP contribution in [-0.2, 0) is 24.3 Å². The number of carbonyl (C=O) groups is 1. The van der Waals surface area contributed by atoms with E-state index >= 15 is 0 Å². The van der Waals surface area contributed by atoms with E-state index in [9.17, 15) is 9.59 Å². The molecule has 5 rings (SSSR count). The lowest BCUT2D eigenvalue weighted by Gasteiger charge is -2.19. The monoisotopic (exact) mass is 409 g/mol. The average Bonchev–Trinajstić information content (AvgIpc) is 3.06. The Hall–Kier alpha value is -3.73. The highest BCUT2D eigenvalue weighted by atomic mass is 16.2. The molecule has 0 aliphatic carbocycles. The van der Waals surface area contributed by atoms with Gasteiger partial charge in [0, 0.05) is 18.7 Å². The fourth-order valence-electron chi connectivity index (χ4n) is 4.47. The lowest BCUT2D eigenvalue weighted by molar-refractivity contribution is -0.119. The quantitative estimate of drug-likeness (QED) is 0.494. The molecular formula is C26H23N3O2. The Morgan fingerprint density at radius 1 is 0.871 bits per heavy atom. The number of aromatic nitrogens is 2. The molecule has 2 heterocycles. The summed E-state index contributed by atoms with van der Waals surface area (Å²) >= 11 is 0. The van der Waals surface area contributed by atoms with E-state index in [4.69, 9.17) is 4.98 Å². The van der Waals surface area contributed by atoms with Crippen molar-refractivity contribution in [2.75, 3.05) is 4.90 Å². The van der Waals surface area contributed by atoms with Crippen molar-refractivity contribution in [2.45, 2.75) is 32.4 Å². The summed E-state index contributed by atoms with van der Waals surface area (Å²) in [5, 5.41) is 0.608. The summed E-state index contributed by atoms with van der Waals surface area (Å²) in [6.45, 7) is 2.98. The number of para-hydroxylation sites is 2. The summed E-state index contributed by atoms with van der Waals surface area (Å²) in [6, 6.07) is 25.3. The van der Waals surface area contributed by atoms with Crippen LogP contribution in [0.2, 0.25) is 0 Å². The second-order valence-electron chi connectivity index (χ2n) is 7.82. The first-order chi connectivity index (χ1) is 15.2. The molecule has 5 heteroatoms. The van der Waals surface area contributed by atoms with E-state index < -0.39 is 0 Å². The molecule has 0 radical (unpaired) electrons. The minimum atomic E-state index is -0.356. The van der Waals surface area contributed by atoms with Crippen molar-refractivity contribution in [2.24, 2.45) is 0 Å². The third-order valence-corrected chi connectivity index (χ3v) is 5.99. The minimum Gasteiger partial charge on any atom is -0.307 e. The summed E-state index contributed by atoms with van der Waals surface area (Å²) < 4.78 is 1.69. The zero-order valence-corrected chi connectivity index (χ0v) is 17.4. The van der Waals surface area contributed by atoms with Crippen LogP contribution in [0.15, 0.2) is 83.7 Å². The van der Waals surface area contributed by atoms with Crippen LogP contribution in [0.3, 0.4) is 0 Å². The Kier molecular flexibility index (Phi) is 4.86. The number of anilines is 1. The first-order valence-corrected chi connectivity index (χ1v) is 10.6. The van der Waals surface area contributed by atoms with Gasteiger partial charge < -0.3 is 4.90 Å². The van der Waals surface area contributed by atoms with Gasteiger partial charge in [0.25, 0.3) is 5.56 Å². The van der Waals surface area contributed by atoms with Gasteiger partial charge in [0.05, 0.1) is 23.4 Å². The molecule has 0 fully saturated rings. The van der Waals surface area contributed by atoms with Crippen molar-refractivity contribution in [1.82, 2.24) is 9.55 Å². The van der Waals surface area contributed by atoms with E-state index in [1.54, 1.807) is 10.6 Å². The van der Waals surface area contributed by atoms with Crippen LogP contribution in [0.4, 0.5) is 5.69 Å². The first kappa shape index (κ1) is 19.2. The smallest absolute Gasteiger partial charge is 0.261 e. The number of nitrogens with zero attached hydrogens (tertiary/aromatic N) is 3. The molecular weight excluding hydrogens is 386 g/mol. The van der Waals surface area contributed by atoms with E-state index in [2.05, 4.69) is 0 Å². The van der Waals surface area contributed by atoms with Gasteiger partial charge in [0.1, 0.15) is 5.82 Å². The van der Waals surface area contributed by atoms with Gasteiger partial charge in [0.15, 0.2) is 0 Å². The molecule has 0 saturated heterocycles. The molecule has 5 nitrogen and oxygen atoms in total. The molecule has 1 amide bonds. The van der Waals surface area contributed by atoms with E-state index in [0.29, 0.717) is 36.2 Å². The summed E-state index contributed by atoms with van der Waals surface area (Å²) in [4.78, 5) is 33.2. The van der Waals surface area contributed by atoms with Crippen LogP contribution in [0, 0.1) is 0 Å². The molecule has 1 atom stereocenters. The van der Waals surface area contributed by atoms with E-state index in [1.807, 2.05) is 84.6 Å². The average molecular weight is 409 g/mol. The van der Waals surface area contributed by atoms with Crippen molar-refractivity contribution < 1.29 is 4.79 Å². The summed E-state index contributed by atoms with van der Waals surface area (Å²) in [5.74, 6) is 0.349.